The van der Waals surface area contributed by atoms with Crippen LogP contribution in [-0.2, 0) is 5.54 Å². The molecule has 124 valence electrons. The van der Waals surface area contributed by atoms with Gasteiger partial charge in [0, 0.05) is 13.1 Å². The molecule has 0 atom stereocenters. The van der Waals surface area contributed by atoms with Crippen molar-refractivity contribution in [2.24, 2.45) is 5.92 Å². The summed E-state index contributed by atoms with van der Waals surface area (Å²) < 4.78 is 0. The molecule has 0 radical (unpaired) electrons. The number of hydrogen-bond donors (Lipinski definition) is 1. The summed E-state index contributed by atoms with van der Waals surface area (Å²) in [6.45, 7) is 1.76. The van der Waals surface area contributed by atoms with E-state index in [1.54, 1.807) is 0 Å². The molecule has 4 nitrogen and oxygen atoms in total. The first-order valence-corrected chi connectivity index (χ1v) is 8.84. The van der Waals surface area contributed by atoms with Crippen molar-refractivity contribution < 1.29 is 4.79 Å². The Labute approximate surface area is 138 Å². The molecule has 1 aliphatic heterocycles. The molecule has 4 heteroatoms. The van der Waals surface area contributed by atoms with Crippen LogP contribution in [0.5, 0.6) is 0 Å². The third-order valence-electron chi connectivity index (χ3n) is 6.46. The van der Waals surface area contributed by atoms with E-state index in [-0.39, 0.29) is 17.1 Å². The third kappa shape index (κ3) is 2.18. The van der Waals surface area contributed by atoms with Gasteiger partial charge in [-0.25, -0.2) is 4.79 Å². The van der Waals surface area contributed by atoms with Gasteiger partial charge in [0.15, 0.2) is 0 Å². The van der Waals surface area contributed by atoms with Crippen LogP contribution in [-0.4, -0.2) is 48.6 Å². The lowest BCUT2D eigenvalue weighted by Crippen LogP contribution is -2.68. The lowest BCUT2D eigenvalue weighted by Gasteiger charge is -2.61. The van der Waals surface area contributed by atoms with Crippen LogP contribution in [0.4, 0.5) is 4.79 Å². The number of nitrogens with one attached hydrogen (secondary N) is 1. The van der Waals surface area contributed by atoms with Crippen LogP contribution in [0.2, 0.25) is 0 Å². The highest BCUT2D eigenvalue weighted by atomic mass is 16.2. The van der Waals surface area contributed by atoms with Gasteiger partial charge >= 0.3 is 6.03 Å². The fourth-order valence-electron chi connectivity index (χ4n) is 4.74. The Bertz CT molecular complexity index is 588. The maximum absolute atomic E-state index is 12.4. The van der Waals surface area contributed by atoms with Crippen molar-refractivity contribution in [2.75, 3.05) is 27.2 Å². The third-order valence-corrected chi connectivity index (χ3v) is 6.46. The van der Waals surface area contributed by atoms with E-state index in [9.17, 15) is 4.79 Å². The van der Waals surface area contributed by atoms with E-state index in [0.29, 0.717) is 0 Å². The first kappa shape index (κ1) is 15.0. The Kier molecular flexibility index (Phi) is 3.41. The molecule has 1 spiro atoms. The summed E-state index contributed by atoms with van der Waals surface area (Å²) in [5.41, 5.74) is 1.46. The lowest BCUT2D eigenvalue weighted by atomic mass is 9.58. The summed E-state index contributed by atoms with van der Waals surface area (Å²) in [4.78, 5) is 16.9. The fourth-order valence-corrected chi connectivity index (χ4v) is 4.74. The minimum absolute atomic E-state index is 0.0206. The molecule has 23 heavy (non-hydrogen) atoms. The molecule has 1 saturated heterocycles. The zero-order valence-electron chi connectivity index (χ0n) is 14.2. The Hall–Kier alpha value is -1.55. The Morgan fingerprint density at radius 2 is 1.91 bits per heavy atom. The molecule has 0 bridgehead atoms. The maximum Gasteiger partial charge on any atom is 0.318 e. The van der Waals surface area contributed by atoms with Crippen molar-refractivity contribution in [1.82, 2.24) is 15.1 Å². The summed E-state index contributed by atoms with van der Waals surface area (Å²) in [6, 6.07) is 10.9. The molecule has 1 N–H and O–H groups in total. The average molecular weight is 313 g/mol. The van der Waals surface area contributed by atoms with E-state index >= 15 is 0 Å². The maximum atomic E-state index is 12.4. The number of benzene rings is 1. The molecule has 2 amide bonds. The van der Waals surface area contributed by atoms with Crippen LogP contribution >= 0.6 is 0 Å². The second kappa shape index (κ2) is 5.23. The number of carbonyl (C=O) groups excluding carboxylic acids is 1. The quantitative estimate of drug-likeness (QED) is 0.928. The van der Waals surface area contributed by atoms with Crippen LogP contribution in [0.1, 0.15) is 37.7 Å². The molecule has 4 rings (SSSR count). The van der Waals surface area contributed by atoms with Gasteiger partial charge in [-0.05, 0) is 51.3 Å². The van der Waals surface area contributed by atoms with Crippen molar-refractivity contribution in [2.45, 2.75) is 43.2 Å². The first-order chi connectivity index (χ1) is 11.1. The van der Waals surface area contributed by atoms with Gasteiger partial charge in [0.25, 0.3) is 0 Å². The summed E-state index contributed by atoms with van der Waals surface area (Å²) in [5, 5.41) is 3.11. The second-order valence-electron chi connectivity index (χ2n) is 7.94. The van der Waals surface area contributed by atoms with Gasteiger partial charge in [-0.1, -0.05) is 36.8 Å². The monoisotopic (exact) mass is 313 g/mol. The fraction of sp³-hybridized carbons (Fsp3) is 0.632. The Morgan fingerprint density at radius 3 is 2.48 bits per heavy atom. The minimum atomic E-state index is 0.0206. The molecule has 1 heterocycles. The van der Waals surface area contributed by atoms with Gasteiger partial charge < -0.3 is 10.2 Å². The van der Waals surface area contributed by atoms with E-state index in [2.05, 4.69) is 59.5 Å². The summed E-state index contributed by atoms with van der Waals surface area (Å²) in [6.07, 6.45) is 5.97. The predicted octanol–water partition coefficient (Wildman–Crippen LogP) is 2.80. The van der Waals surface area contributed by atoms with E-state index < -0.39 is 0 Å². The van der Waals surface area contributed by atoms with Crippen LogP contribution in [0.15, 0.2) is 30.3 Å². The second-order valence-corrected chi connectivity index (χ2v) is 7.94. The molecule has 2 aliphatic carbocycles. The van der Waals surface area contributed by atoms with Crippen LogP contribution in [0.25, 0.3) is 0 Å². The highest BCUT2D eigenvalue weighted by molar-refractivity contribution is 5.78. The van der Waals surface area contributed by atoms with Crippen molar-refractivity contribution >= 4 is 6.03 Å². The largest absolute Gasteiger partial charge is 0.336 e. The van der Waals surface area contributed by atoms with Gasteiger partial charge in [0.1, 0.15) is 0 Å². The molecule has 3 aliphatic rings. The molecule has 2 saturated carbocycles. The van der Waals surface area contributed by atoms with Crippen LogP contribution in [0, 0.1) is 5.92 Å². The lowest BCUT2D eigenvalue weighted by molar-refractivity contribution is -0.0733. The van der Waals surface area contributed by atoms with Crippen molar-refractivity contribution in [3.63, 3.8) is 0 Å². The number of rotatable bonds is 4. The van der Waals surface area contributed by atoms with Crippen LogP contribution in [0.3, 0.4) is 0 Å². The van der Waals surface area contributed by atoms with E-state index in [0.717, 1.165) is 31.8 Å². The van der Waals surface area contributed by atoms with Crippen molar-refractivity contribution in [1.29, 1.82) is 0 Å². The molecule has 0 unspecified atom stereocenters. The number of hydrogen-bond acceptors (Lipinski definition) is 2. The zero-order valence-corrected chi connectivity index (χ0v) is 14.2. The van der Waals surface area contributed by atoms with Gasteiger partial charge in [-0.2, -0.15) is 0 Å². The van der Waals surface area contributed by atoms with Crippen molar-refractivity contribution in [3.8, 4) is 0 Å². The molecule has 1 aromatic rings. The predicted molar refractivity (Wildman–Crippen MR) is 91.2 cm³/mol. The minimum Gasteiger partial charge on any atom is -0.336 e. The SMILES string of the molecule is CN(C)[C@]1(c2ccccc2)C[C@@]2(CNC(=O)N2CC2CCC2)C1. The molecular weight excluding hydrogens is 286 g/mol. The van der Waals surface area contributed by atoms with Crippen LogP contribution < -0.4 is 5.32 Å². The van der Waals surface area contributed by atoms with E-state index in [1.165, 1.54) is 24.8 Å². The standard InChI is InChI=1S/C19H27N3O/c1-21(2)19(16-9-4-3-5-10-16)12-18(13-19)14-20-17(23)22(18)11-15-7-6-8-15/h3-5,9-10,15H,6-8,11-14H2,1-2H3,(H,20,23)/t18-,19+. The van der Waals surface area contributed by atoms with Gasteiger partial charge in [0.2, 0.25) is 0 Å². The zero-order chi connectivity index (χ0) is 16.1. The number of nitrogens with zero attached hydrogens (tertiary/aromatic N) is 2. The number of carbonyl (C=O) groups is 1. The van der Waals surface area contributed by atoms with Gasteiger partial charge in [-0.15, -0.1) is 0 Å². The van der Waals surface area contributed by atoms with Gasteiger partial charge in [0.05, 0.1) is 11.1 Å². The molecule has 1 aromatic carbocycles. The van der Waals surface area contributed by atoms with E-state index in [1.807, 2.05) is 0 Å². The Morgan fingerprint density at radius 1 is 1.22 bits per heavy atom. The number of urea groups is 1. The van der Waals surface area contributed by atoms with E-state index in [4.69, 9.17) is 0 Å². The molecular formula is C19H27N3O. The summed E-state index contributed by atoms with van der Waals surface area (Å²) in [7, 11) is 4.33. The highest BCUT2D eigenvalue weighted by Gasteiger charge is 2.62. The van der Waals surface area contributed by atoms with Crippen molar-refractivity contribution in [3.05, 3.63) is 35.9 Å². The molecule has 0 aromatic heterocycles. The smallest absolute Gasteiger partial charge is 0.318 e. The number of amides is 2. The highest BCUT2D eigenvalue weighted by Crippen LogP contribution is 2.55. The first-order valence-electron chi connectivity index (χ1n) is 8.84. The molecule has 3 fully saturated rings. The normalized spacial score (nSPS) is 33.7. The Balaban J connectivity index is 1.58. The topological polar surface area (TPSA) is 35.6 Å². The summed E-state index contributed by atoms with van der Waals surface area (Å²) in [5.74, 6) is 0.724. The van der Waals surface area contributed by atoms with Gasteiger partial charge in [-0.3, -0.25) is 4.90 Å². The average Bonchev–Trinajstić information content (AvgIpc) is 2.78. The summed E-state index contributed by atoms with van der Waals surface area (Å²) >= 11 is 0.